The monoisotopic (exact) mass is 511 g/mol. The Labute approximate surface area is 185 Å². The van der Waals surface area contributed by atoms with Gasteiger partial charge in [0.15, 0.2) is 11.3 Å². The number of nitrogens with one attached hydrogen (secondary N) is 1. The summed E-state index contributed by atoms with van der Waals surface area (Å²) in [5.41, 5.74) is -2.76. The molecule has 164 valence electrons. The minimum atomic E-state index is -4.76. The second-order valence-corrected chi connectivity index (χ2v) is 6.28. The van der Waals surface area contributed by atoms with E-state index in [0.717, 1.165) is 33.5 Å². The number of nitriles is 1. The Bertz CT molecular complexity index is 1440. The minimum Gasteiger partial charge on any atom is -0.309 e. The summed E-state index contributed by atoms with van der Waals surface area (Å²) in [6.45, 7) is -0.574. The highest BCUT2D eigenvalue weighted by Crippen LogP contribution is 2.28. The van der Waals surface area contributed by atoms with E-state index in [0.29, 0.717) is 6.07 Å². The molecule has 0 saturated heterocycles. The summed E-state index contributed by atoms with van der Waals surface area (Å²) < 4.78 is 54.0. The number of hydrogen-bond acceptors (Lipinski definition) is 6. The van der Waals surface area contributed by atoms with Crippen LogP contribution in [-0.4, -0.2) is 30.1 Å². The van der Waals surface area contributed by atoms with Gasteiger partial charge in [0.1, 0.15) is 35.6 Å². The van der Waals surface area contributed by atoms with Crippen LogP contribution >= 0.6 is 17.0 Å². The molecule has 0 aliphatic heterocycles. The SMILES string of the molecule is Br.N#Cc1cc2n(CC(=O)Nc3ccc(F)cn3)c(=O)c3ccc(C(F)(F)F)nc3n2n1. The van der Waals surface area contributed by atoms with E-state index in [1.165, 1.54) is 6.07 Å². The molecule has 0 spiro atoms. The zero-order chi connectivity index (χ0) is 22.3. The third kappa shape index (κ3) is 4.14. The van der Waals surface area contributed by atoms with E-state index >= 15 is 0 Å². The summed E-state index contributed by atoms with van der Waals surface area (Å²) in [6, 6.07) is 6.72. The van der Waals surface area contributed by atoms with Crippen LogP contribution in [0.1, 0.15) is 11.4 Å². The average Bonchev–Trinajstić information content (AvgIpc) is 3.16. The molecule has 1 N–H and O–H groups in total. The Balaban J connectivity index is 0.00000289. The van der Waals surface area contributed by atoms with Crippen LogP contribution in [0, 0.1) is 17.1 Å². The van der Waals surface area contributed by atoms with Crippen molar-refractivity contribution in [2.24, 2.45) is 0 Å². The maximum absolute atomic E-state index is 13.1. The fourth-order valence-electron chi connectivity index (χ4n) is 2.89. The van der Waals surface area contributed by atoms with Gasteiger partial charge >= 0.3 is 6.18 Å². The van der Waals surface area contributed by atoms with Crippen LogP contribution in [0.25, 0.3) is 16.7 Å². The summed E-state index contributed by atoms with van der Waals surface area (Å²) in [5.74, 6) is -1.31. The average molecular weight is 512 g/mol. The number of aromatic nitrogens is 5. The molecular weight excluding hydrogens is 502 g/mol. The van der Waals surface area contributed by atoms with Gasteiger partial charge in [0.25, 0.3) is 5.56 Å². The van der Waals surface area contributed by atoms with Gasteiger partial charge in [-0.2, -0.15) is 28.0 Å². The fourth-order valence-corrected chi connectivity index (χ4v) is 2.89. The van der Waals surface area contributed by atoms with E-state index in [-0.39, 0.29) is 39.5 Å². The van der Waals surface area contributed by atoms with Crippen molar-refractivity contribution in [3.05, 3.63) is 64.1 Å². The first-order valence-corrected chi connectivity index (χ1v) is 8.49. The quantitative estimate of drug-likeness (QED) is 0.422. The Kier molecular flexibility index (Phi) is 5.95. The lowest BCUT2D eigenvalue weighted by Gasteiger charge is -2.12. The van der Waals surface area contributed by atoms with Gasteiger partial charge in [-0.1, -0.05) is 0 Å². The normalized spacial score (nSPS) is 11.2. The minimum absolute atomic E-state index is 0. The second kappa shape index (κ2) is 8.35. The van der Waals surface area contributed by atoms with Gasteiger partial charge in [-0.05, 0) is 24.3 Å². The standard InChI is InChI=1S/C18H9F4N7O2.BrH/c19-9-1-4-13(24-7-9)26-14(30)8-28-15-5-10(6-23)27-29(15)16-11(17(28)31)2-3-12(25-16)18(20,21)22;/h1-5,7H,8H2,(H,24,26,30);1H. The van der Waals surface area contributed by atoms with E-state index in [4.69, 9.17) is 5.26 Å². The lowest BCUT2D eigenvalue weighted by molar-refractivity contribution is -0.141. The summed E-state index contributed by atoms with van der Waals surface area (Å²) in [6.07, 6.45) is -3.88. The molecule has 0 radical (unpaired) electrons. The number of fused-ring (bicyclic) bond motifs is 3. The number of anilines is 1. The van der Waals surface area contributed by atoms with Gasteiger partial charge in [-0.15, -0.1) is 17.0 Å². The van der Waals surface area contributed by atoms with Crippen molar-refractivity contribution >= 4 is 45.4 Å². The molecule has 4 aromatic heterocycles. The van der Waals surface area contributed by atoms with Crippen molar-refractivity contribution in [2.75, 3.05) is 5.32 Å². The molecule has 0 saturated carbocycles. The largest absolute Gasteiger partial charge is 0.433 e. The Morgan fingerprint density at radius 3 is 2.59 bits per heavy atom. The number of carbonyl (C=O) groups excluding carboxylic acids is 1. The van der Waals surface area contributed by atoms with Gasteiger partial charge in [-0.3, -0.25) is 14.2 Å². The predicted octanol–water partition coefficient (Wildman–Crippen LogP) is 2.69. The molecule has 4 heterocycles. The molecule has 9 nitrogen and oxygen atoms in total. The topological polar surface area (TPSA) is 118 Å². The van der Waals surface area contributed by atoms with Crippen molar-refractivity contribution in [3.8, 4) is 6.07 Å². The molecule has 0 fully saturated rings. The Morgan fingerprint density at radius 2 is 1.97 bits per heavy atom. The van der Waals surface area contributed by atoms with Crippen molar-refractivity contribution in [1.29, 1.82) is 5.26 Å². The Morgan fingerprint density at radius 1 is 1.22 bits per heavy atom. The highest BCUT2D eigenvalue weighted by molar-refractivity contribution is 8.93. The number of rotatable bonds is 3. The maximum atomic E-state index is 13.1. The number of hydrogen-bond donors (Lipinski definition) is 1. The lowest BCUT2D eigenvalue weighted by atomic mass is 10.2. The lowest BCUT2D eigenvalue weighted by Crippen LogP contribution is -2.30. The van der Waals surface area contributed by atoms with Crippen molar-refractivity contribution in [2.45, 2.75) is 12.7 Å². The molecule has 0 aliphatic carbocycles. The molecular formula is C18H10BrF4N7O2. The smallest absolute Gasteiger partial charge is 0.309 e. The van der Waals surface area contributed by atoms with Crippen LogP contribution in [0.3, 0.4) is 0 Å². The first kappa shape index (κ1) is 22.8. The van der Waals surface area contributed by atoms with Crippen molar-refractivity contribution in [1.82, 2.24) is 24.1 Å². The number of alkyl halides is 3. The molecule has 0 bridgehead atoms. The third-order valence-corrected chi connectivity index (χ3v) is 4.22. The third-order valence-electron chi connectivity index (χ3n) is 4.22. The molecule has 0 unspecified atom stereocenters. The molecule has 1 amide bonds. The first-order valence-electron chi connectivity index (χ1n) is 8.49. The highest BCUT2D eigenvalue weighted by Gasteiger charge is 2.33. The van der Waals surface area contributed by atoms with Crippen LogP contribution in [0.15, 0.2) is 41.3 Å². The van der Waals surface area contributed by atoms with Gasteiger partial charge in [0.05, 0.1) is 11.6 Å². The highest BCUT2D eigenvalue weighted by atomic mass is 79.9. The van der Waals surface area contributed by atoms with Crippen LogP contribution < -0.4 is 10.9 Å². The molecule has 4 aromatic rings. The summed E-state index contributed by atoms with van der Waals surface area (Å²) in [4.78, 5) is 32.5. The number of nitrogens with zero attached hydrogens (tertiary/aromatic N) is 6. The Hall–Kier alpha value is -3.86. The van der Waals surface area contributed by atoms with E-state index in [9.17, 15) is 27.2 Å². The van der Waals surface area contributed by atoms with E-state index in [1.54, 1.807) is 6.07 Å². The van der Waals surface area contributed by atoms with Gasteiger partial charge in [-0.25, -0.2) is 14.4 Å². The molecule has 4 rings (SSSR count). The number of carbonyl (C=O) groups is 1. The van der Waals surface area contributed by atoms with Gasteiger partial charge in [0.2, 0.25) is 5.91 Å². The maximum Gasteiger partial charge on any atom is 0.433 e. The van der Waals surface area contributed by atoms with Crippen LogP contribution in [0.2, 0.25) is 0 Å². The zero-order valence-corrected chi connectivity index (χ0v) is 17.3. The molecule has 32 heavy (non-hydrogen) atoms. The summed E-state index contributed by atoms with van der Waals surface area (Å²) in [7, 11) is 0. The van der Waals surface area contributed by atoms with E-state index in [2.05, 4.69) is 20.4 Å². The molecule has 0 atom stereocenters. The van der Waals surface area contributed by atoms with Crippen molar-refractivity contribution < 1.29 is 22.4 Å². The fraction of sp³-hybridized carbons (Fsp3) is 0.111. The molecule has 14 heteroatoms. The zero-order valence-electron chi connectivity index (χ0n) is 15.6. The first-order chi connectivity index (χ1) is 14.7. The van der Waals surface area contributed by atoms with Crippen LogP contribution in [0.5, 0.6) is 0 Å². The van der Waals surface area contributed by atoms with Crippen LogP contribution in [-0.2, 0) is 17.5 Å². The van der Waals surface area contributed by atoms with Gasteiger partial charge < -0.3 is 5.32 Å². The summed E-state index contributed by atoms with van der Waals surface area (Å²) in [5, 5.41) is 15.1. The molecule has 0 aromatic carbocycles. The number of pyridine rings is 2. The van der Waals surface area contributed by atoms with Crippen molar-refractivity contribution in [3.63, 3.8) is 0 Å². The second-order valence-electron chi connectivity index (χ2n) is 6.28. The predicted molar refractivity (Wildman–Crippen MR) is 108 cm³/mol. The number of amides is 1. The van der Waals surface area contributed by atoms with E-state index < -0.39 is 41.3 Å². The van der Waals surface area contributed by atoms with E-state index in [1.807, 2.05) is 0 Å². The number of halogens is 5. The van der Waals surface area contributed by atoms with Crippen LogP contribution in [0.4, 0.5) is 23.4 Å². The summed E-state index contributed by atoms with van der Waals surface area (Å²) >= 11 is 0. The van der Waals surface area contributed by atoms with Gasteiger partial charge in [0, 0.05) is 6.07 Å². The molecule has 0 aliphatic rings.